The van der Waals surface area contributed by atoms with Crippen LogP contribution in [-0.2, 0) is 13.5 Å². The summed E-state index contributed by atoms with van der Waals surface area (Å²) >= 11 is 1.92. The van der Waals surface area contributed by atoms with Gasteiger partial charge < -0.3 is 5.73 Å². The molecule has 0 fully saturated rings. The predicted octanol–water partition coefficient (Wildman–Crippen LogP) is 1.04. The van der Waals surface area contributed by atoms with Crippen LogP contribution in [0, 0.1) is 0 Å². The van der Waals surface area contributed by atoms with Crippen LogP contribution in [-0.4, -0.2) is 27.3 Å². The molecule has 0 saturated heterocycles. The molecule has 1 rings (SSSR count). The molecule has 74 valence electrons. The van der Waals surface area contributed by atoms with Crippen LogP contribution in [0.5, 0.6) is 0 Å². The standard InChI is InChI=1S/C9H17N3S/c1-8(5-10)13-4-3-9-6-11-12(2)7-9/h6-8H,3-5,10H2,1-2H3. The van der Waals surface area contributed by atoms with Gasteiger partial charge in [-0.15, -0.1) is 0 Å². The van der Waals surface area contributed by atoms with Crippen molar-refractivity contribution in [2.24, 2.45) is 12.8 Å². The normalized spacial score (nSPS) is 13.2. The highest BCUT2D eigenvalue weighted by Crippen LogP contribution is 2.11. The van der Waals surface area contributed by atoms with Crippen molar-refractivity contribution in [3.05, 3.63) is 18.0 Å². The van der Waals surface area contributed by atoms with E-state index in [0.717, 1.165) is 18.7 Å². The molecule has 1 aromatic heterocycles. The number of rotatable bonds is 5. The molecule has 2 N–H and O–H groups in total. The maximum Gasteiger partial charge on any atom is 0.0521 e. The molecule has 1 atom stereocenters. The summed E-state index contributed by atoms with van der Waals surface area (Å²) in [6.07, 6.45) is 5.07. The Morgan fingerprint density at radius 3 is 3.00 bits per heavy atom. The van der Waals surface area contributed by atoms with Gasteiger partial charge in [0.1, 0.15) is 0 Å². The number of nitrogens with zero attached hydrogens (tertiary/aromatic N) is 2. The van der Waals surface area contributed by atoms with Gasteiger partial charge in [0.25, 0.3) is 0 Å². The van der Waals surface area contributed by atoms with Gasteiger partial charge in [-0.25, -0.2) is 0 Å². The average Bonchev–Trinajstić information content (AvgIpc) is 2.51. The molecule has 0 aliphatic heterocycles. The van der Waals surface area contributed by atoms with Gasteiger partial charge in [0.2, 0.25) is 0 Å². The first-order chi connectivity index (χ1) is 6.22. The molecule has 0 spiro atoms. The summed E-state index contributed by atoms with van der Waals surface area (Å²) in [4.78, 5) is 0. The first-order valence-electron chi connectivity index (χ1n) is 4.51. The molecule has 13 heavy (non-hydrogen) atoms. The van der Waals surface area contributed by atoms with E-state index < -0.39 is 0 Å². The molecule has 0 aliphatic carbocycles. The van der Waals surface area contributed by atoms with Crippen LogP contribution in [0.4, 0.5) is 0 Å². The van der Waals surface area contributed by atoms with E-state index in [0.29, 0.717) is 5.25 Å². The van der Waals surface area contributed by atoms with Gasteiger partial charge in [-0.2, -0.15) is 16.9 Å². The number of aromatic nitrogens is 2. The fourth-order valence-corrected chi connectivity index (χ4v) is 1.94. The van der Waals surface area contributed by atoms with E-state index in [4.69, 9.17) is 5.73 Å². The Balaban J connectivity index is 2.20. The number of thioether (sulfide) groups is 1. The van der Waals surface area contributed by atoms with Crippen LogP contribution >= 0.6 is 11.8 Å². The molecule has 1 heterocycles. The van der Waals surface area contributed by atoms with Crippen LogP contribution < -0.4 is 5.73 Å². The van der Waals surface area contributed by atoms with Gasteiger partial charge in [0.05, 0.1) is 6.20 Å². The van der Waals surface area contributed by atoms with E-state index in [1.165, 1.54) is 5.56 Å². The zero-order valence-corrected chi connectivity index (χ0v) is 9.05. The lowest BCUT2D eigenvalue weighted by Crippen LogP contribution is -2.13. The van der Waals surface area contributed by atoms with E-state index in [2.05, 4.69) is 18.2 Å². The molecule has 0 radical (unpaired) electrons. The first kappa shape index (κ1) is 10.6. The Kier molecular flexibility index (Phi) is 4.32. The summed E-state index contributed by atoms with van der Waals surface area (Å²) in [5.41, 5.74) is 6.82. The number of hydrogen-bond donors (Lipinski definition) is 1. The third-order valence-corrected chi connectivity index (χ3v) is 3.08. The molecule has 0 saturated carbocycles. The minimum Gasteiger partial charge on any atom is -0.329 e. The molecule has 1 aromatic rings. The molecule has 0 bridgehead atoms. The van der Waals surface area contributed by atoms with Crippen LogP contribution in [0.15, 0.2) is 12.4 Å². The van der Waals surface area contributed by atoms with E-state index in [9.17, 15) is 0 Å². The van der Waals surface area contributed by atoms with Gasteiger partial charge in [-0.1, -0.05) is 6.92 Å². The van der Waals surface area contributed by atoms with E-state index >= 15 is 0 Å². The molecule has 0 amide bonds. The third kappa shape index (κ3) is 3.83. The van der Waals surface area contributed by atoms with Gasteiger partial charge in [-0.3, -0.25) is 4.68 Å². The highest BCUT2D eigenvalue weighted by Gasteiger charge is 2.00. The quantitative estimate of drug-likeness (QED) is 0.770. The molecule has 3 nitrogen and oxygen atoms in total. The maximum absolute atomic E-state index is 5.52. The number of aryl methyl sites for hydroxylation is 2. The minimum atomic E-state index is 0.566. The topological polar surface area (TPSA) is 43.8 Å². The fraction of sp³-hybridized carbons (Fsp3) is 0.667. The SMILES string of the molecule is CC(CN)SCCc1cnn(C)c1. The summed E-state index contributed by atoms with van der Waals surface area (Å²) in [7, 11) is 1.94. The summed E-state index contributed by atoms with van der Waals surface area (Å²) in [5, 5.41) is 4.68. The summed E-state index contributed by atoms with van der Waals surface area (Å²) in [6.45, 7) is 2.92. The van der Waals surface area contributed by atoms with Crippen LogP contribution in [0.2, 0.25) is 0 Å². The average molecular weight is 199 g/mol. The second-order valence-electron chi connectivity index (χ2n) is 3.19. The van der Waals surface area contributed by atoms with Crippen molar-refractivity contribution >= 4 is 11.8 Å². The largest absolute Gasteiger partial charge is 0.329 e. The Hall–Kier alpha value is -0.480. The van der Waals surface area contributed by atoms with Crippen molar-refractivity contribution in [2.75, 3.05) is 12.3 Å². The van der Waals surface area contributed by atoms with Crippen LogP contribution in [0.3, 0.4) is 0 Å². The summed E-state index contributed by atoms with van der Waals surface area (Å²) in [6, 6.07) is 0. The Morgan fingerprint density at radius 1 is 1.69 bits per heavy atom. The van der Waals surface area contributed by atoms with E-state index in [1.54, 1.807) is 0 Å². The Bertz CT molecular complexity index is 247. The lowest BCUT2D eigenvalue weighted by molar-refractivity contribution is 0.767. The van der Waals surface area contributed by atoms with E-state index in [-0.39, 0.29) is 0 Å². The Labute approximate surface area is 83.7 Å². The second kappa shape index (κ2) is 5.29. The molecule has 0 aliphatic rings. The van der Waals surface area contributed by atoms with Gasteiger partial charge >= 0.3 is 0 Å². The number of hydrogen-bond acceptors (Lipinski definition) is 3. The molecular formula is C9H17N3S. The van der Waals surface area contributed by atoms with Crippen molar-refractivity contribution in [2.45, 2.75) is 18.6 Å². The van der Waals surface area contributed by atoms with Crippen molar-refractivity contribution in [3.8, 4) is 0 Å². The zero-order valence-electron chi connectivity index (χ0n) is 8.23. The zero-order chi connectivity index (χ0) is 9.68. The van der Waals surface area contributed by atoms with Crippen molar-refractivity contribution in [1.29, 1.82) is 0 Å². The second-order valence-corrected chi connectivity index (χ2v) is 4.74. The summed E-state index contributed by atoms with van der Waals surface area (Å²) < 4.78 is 1.84. The smallest absolute Gasteiger partial charge is 0.0521 e. The van der Waals surface area contributed by atoms with Crippen molar-refractivity contribution in [1.82, 2.24) is 9.78 Å². The lowest BCUT2D eigenvalue weighted by Gasteiger charge is -2.06. The highest BCUT2D eigenvalue weighted by atomic mass is 32.2. The van der Waals surface area contributed by atoms with Crippen LogP contribution in [0.1, 0.15) is 12.5 Å². The van der Waals surface area contributed by atoms with Crippen molar-refractivity contribution < 1.29 is 0 Å². The summed E-state index contributed by atoms with van der Waals surface area (Å²) in [5.74, 6) is 1.13. The van der Waals surface area contributed by atoms with Gasteiger partial charge in [-0.05, 0) is 17.7 Å². The first-order valence-corrected chi connectivity index (χ1v) is 5.56. The molecular weight excluding hydrogens is 182 g/mol. The lowest BCUT2D eigenvalue weighted by atomic mass is 10.3. The highest BCUT2D eigenvalue weighted by molar-refractivity contribution is 7.99. The third-order valence-electron chi connectivity index (χ3n) is 1.88. The van der Waals surface area contributed by atoms with Gasteiger partial charge in [0.15, 0.2) is 0 Å². The molecule has 0 aromatic carbocycles. The number of nitrogens with two attached hydrogens (primary N) is 1. The molecule has 1 unspecified atom stereocenters. The Morgan fingerprint density at radius 2 is 2.46 bits per heavy atom. The van der Waals surface area contributed by atoms with Crippen molar-refractivity contribution in [3.63, 3.8) is 0 Å². The minimum absolute atomic E-state index is 0.566. The van der Waals surface area contributed by atoms with Crippen LogP contribution in [0.25, 0.3) is 0 Å². The maximum atomic E-state index is 5.52. The predicted molar refractivity (Wildman–Crippen MR) is 57.9 cm³/mol. The fourth-order valence-electron chi connectivity index (χ4n) is 1.05. The monoisotopic (exact) mass is 199 g/mol. The van der Waals surface area contributed by atoms with E-state index in [1.807, 2.05) is 29.7 Å². The molecule has 4 heteroatoms. The van der Waals surface area contributed by atoms with Gasteiger partial charge in [0, 0.05) is 25.0 Å².